The quantitative estimate of drug-likeness (QED) is 0.750. The molecule has 0 aliphatic carbocycles. The van der Waals surface area contributed by atoms with Crippen molar-refractivity contribution in [1.82, 2.24) is 20.1 Å². The summed E-state index contributed by atoms with van der Waals surface area (Å²) in [5, 5.41) is 10.9. The molecule has 2 N–H and O–H groups in total. The van der Waals surface area contributed by atoms with Gasteiger partial charge in [0.15, 0.2) is 0 Å². The molecule has 3 aromatic rings. The first-order chi connectivity index (χ1) is 12.3. The van der Waals surface area contributed by atoms with Crippen LogP contribution in [0.4, 0.5) is 5.82 Å². The van der Waals surface area contributed by atoms with Crippen molar-refractivity contribution in [3.8, 4) is 11.1 Å². The van der Waals surface area contributed by atoms with E-state index in [1.54, 1.807) is 0 Å². The maximum absolute atomic E-state index is 4.45. The third-order valence-electron chi connectivity index (χ3n) is 4.86. The summed E-state index contributed by atoms with van der Waals surface area (Å²) in [5.74, 6) is 1.41. The highest BCUT2D eigenvalue weighted by Crippen LogP contribution is 2.33. The molecule has 3 heterocycles. The minimum absolute atomic E-state index is 0.524. The van der Waals surface area contributed by atoms with Crippen LogP contribution >= 0.6 is 0 Å². The SMILES string of the molecule is CN1CC[C@H](c2[nH]ncc2-c2ccnc(NCc3ccccc3)c2)C1. The average molecular weight is 333 g/mol. The molecule has 1 aromatic carbocycles. The average Bonchev–Trinajstić information content (AvgIpc) is 3.30. The molecule has 5 heteroatoms. The predicted molar refractivity (Wildman–Crippen MR) is 100 cm³/mol. The lowest BCUT2D eigenvalue weighted by Gasteiger charge is -2.12. The second-order valence-electron chi connectivity index (χ2n) is 6.71. The van der Waals surface area contributed by atoms with Crippen molar-refractivity contribution in [1.29, 1.82) is 0 Å². The van der Waals surface area contributed by atoms with E-state index in [1.807, 2.05) is 18.5 Å². The van der Waals surface area contributed by atoms with Crippen LogP contribution in [0.5, 0.6) is 0 Å². The number of hydrogen-bond donors (Lipinski definition) is 2. The van der Waals surface area contributed by atoms with Gasteiger partial charge in [-0.05, 0) is 43.3 Å². The van der Waals surface area contributed by atoms with Crippen molar-refractivity contribution in [3.05, 3.63) is 66.1 Å². The molecule has 0 bridgehead atoms. The smallest absolute Gasteiger partial charge is 0.126 e. The van der Waals surface area contributed by atoms with E-state index in [0.29, 0.717) is 5.92 Å². The van der Waals surface area contributed by atoms with Gasteiger partial charge in [0.25, 0.3) is 0 Å². The molecule has 0 unspecified atom stereocenters. The molecule has 0 saturated carbocycles. The first-order valence-electron chi connectivity index (χ1n) is 8.75. The van der Waals surface area contributed by atoms with Crippen LogP contribution in [0.3, 0.4) is 0 Å². The van der Waals surface area contributed by atoms with E-state index in [0.717, 1.165) is 31.0 Å². The highest BCUT2D eigenvalue weighted by molar-refractivity contribution is 5.68. The maximum Gasteiger partial charge on any atom is 0.126 e. The van der Waals surface area contributed by atoms with Crippen LogP contribution in [-0.4, -0.2) is 40.2 Å². The Labute approximate surface area is 148 Å². The second kappa shape index (κ2) is 7.07. The number of hydrogen-bond acceptors (Lipinski definition) is 4. The molecule has 1 fully saturated rings. The van der Waals surface area contributed by atoms with E-state index in [9.17, 15) is 0 Å². The monoisotopic (exact) mass is 333 g/mol. The van der Waals surface area contributed by atoms with Gasteiger partial charge in [-0.2, -0.15) is 5.10 Å². The van der Waals surface area contributed by atoms with Crippen LogP contribution in [0.2, 0.25) is 0 Å². The Bertz CT molecular complexity index is 827. The molecule has 0 radical (unpaired) electrons. The van der Waals surface area contributed by atoms with Gasteiger partial charge in [-0.15, -0.1) is 0 Å². The predicted octanol–water partition coefficient (Wildman–Crippen LogP) is 3.50. The summed E-state index contributed by atoms with van der Waals surface area (Å²) in [6, 6.07) is 14.5. The third-order valence-corrected chi connectivity index (χ3v) is 4.86. The minimum atomic E-state index is 0.524. The summed E-state index contributed by atoms with van der Waals surface area (Å²) in [5.41, 5.74) is 4.83. The van der Waals surface area contributed by atoms with Gasteiger partial charge in [-0.1, -0.05) is 30.3 Å². The number of likely N-dealkylation sites (tertiary alicyclic amines) is 1. The number of nitrogens with one attached hydrogen (secondary N) is 2. The number of rotatable bonds is 5. The molecule has 1 aliphatic rings. The van der Waals surface area contributed by atoms with E-state index in [2.05, 4.69) is 68.8 Å². The van der Waals surface area contributed by atoms with E-state index >= 15 is 0 Å². The Kier molecular flexibility index (Phi) is 4.48. The van der Waals surface area contributed by atoms with Gasteiger partial charge >= 0.3 is 0 Å². The Hall–Kier alpha value is -2.66. The van der Waals surface area contributed by atoms with E-state index in [-0.39, 0.29) is 0 Å². The second-order valence-corrected chi connectivity index (χ2v) is 6.71. The molecule has 2 aromatic heterocycles. The van der Waals surface area contributed by atoms with E-state index in [1.165, 1.54) is 23.2 Å². The Balaban J connectivity index is 1.53. The van der Waals surface area contributed by atoms with Crippen molar-refractivity contribution in [2.45, 2.75) is 18.9 Å². The number of pyridine rings is 1. The molecule has 0 spiro atoms. The standard InChI is InChI=1S/C20H23N5/c1-25-10-8-17(14-25)20-18(13-23-24-20)16-7-9-21-19(11-16)22-12-15-5-3-2-4-6-15/h2-7,9,11,13,17H,8,10,12,14H2,1H3,(H,21,22)(H,23,24)/t17-/m0/s1. The highest BCUT2D eigenvalue weighted by atomic mass is 15.1. The van der Waals surface area contributed by atoms with Crippen LogP contribution in [-0.2, 0) is 6.54 Å². The fraction of sp³-hybridized carbons (Fsp3) is 0.300. The first-order valence-corrected chi connectivity index (χ1v) is 8.75. The van der Waals surface area contributed by atoms with Gasteiger partial charge in [-0.25, -0.2) is 4.98 Å². The summed E-state index contributed by atoms with van der Waals surface area (Å²) < 4.78 is 0. The molecule has 128 valence electrons. The first kappa shape index (κ1) is 15.8. The van der Waals surface area contributed by atoms with Crippen LogP contribution in [0.15, 0.2) is 54.9 Å². The van der Waals surface area contributed by atoms with Gasteiger partial charge in [0.1, 0.15) is 5.82 Å². The molecule has 1 saturated heterocycles. The number of aromatic nitrogens is 3. The van der Waals surface area contributed by atoms with E-state index < -0.39 is 0 Å². The zero-order chi connectivity index (χ0) is 17.1. The molecule has 0 amide bonds. The Morgan fingerprint density at radius 1 is 1.24 bits per heavy atom. The number of benzene rings is 1. The van der Waals surface area contributed by atoms with Crippen LogP contribution < -0.4 is 5.32 Å². The lowest BCUT2D eigenvalue weighted by molar-refractivity contribution is 0.411. The zero-order valence-corrected chi connectivity index (χ0v) is 14.4. The number of H-pyrrole nitrogens is 1. The van der Waals surface area contributed by atoms with E-state index in [4.69, 9.17) is 0 Å². The summed E-state index contributed by atoms with van der Waals surface area (Å²) >= 11 is 0. The van der Waals surface area contributed by atoms with Gasteiger partial charge in [0, 0.05) is 36.5 Å². The van der Waals surface area contributed by atoms with Crippen molar-refractivity contribution >= 4 is 5.82 Å². The largest absolute Gasteiger partial charge is 0.366 e. The summed E-state index contributed by atoms with van der Waals surface area (Å²) in [6.45, 7) is 2.99. The summed E-state index contributed by atoms with van der Waals surface area (Å²) in [6.07, 6.45) is 4.97. The van der Waals surface area contributed by atoms with Crippen LogP contribution in [0.25, 0.3) is 11.1 Å². The molecular weight excluding hydrogens is 310 g/mol. The Morgan fingerprint density at radius 2 is 2.12 bits per heavy atom. The number of likely N-dealkylation sites (N-methyl/N-ethyl adjacent to an activating group) is 1. The lowest BCUT2D eigenvalue weighted by Crippen LogP contribution is -2.13. The zero-order valence-electron chi connectivity index (χ0n) is 14.4. The van der Waals surface area contributed by atoms with Gasteiger partial charge in [-0.3, -0.25) is 5.10 Å². The van der Waals surface area contributed by atoms with Crippen molar-refractivity contribution in [2.24, 2.45) is 0 Å². The lowest BCUT2D eigenvalue weighted by atomic mass is 9.97. The van der Waals surface area contributed by atoms with Gasteiger partial charge < -0.3 is 10.2 Å². The third kappa shape index (κ3) is 3.56. The molecule has 4 rings (SSSR count). The fourth-order valence-electron chi connectivity index (χ4n) is 3.49. The number of nitrogens with zero attached hydrogens (tertiary/aromatic N) is 3. The van der Waals surface area contributed by atoms with Crippen molar-refractivity contribution in [3.63, 3.8) is 0 Å². The van der Waals surface area contributed by atoms with Crippen LogP contribution in [0.1, 0.15) is 23.6 Å². The Morgan fingerprint density at radius 3 is 2.92 bits per heavy atom. The normalized spacial score (nSPS) is 17.7. The molecule has 1 aliphatic heterocycles. The number of aromatic amines is 1. The topological polar surface area (TPSA) is 56.8 Å². The maximum atomic E-state index is 4.45. The summed E-state index contributed by atoms with van der Waals surface area (Å²) in [7, 11) is 2.17. The highest BCUT2D eigenvalue weighted by Gasteiger charge is 2.25. The van der Waals surface area contributed by atoms with Gasteiger partial charge in [0.05, 0.1) is 6.20 Å². The molecule has 5 nitrogen and oxygen atoms in total. The van der Waals surface area contributed by atoms with Crippen molar-refractivity contribution < 1.29 is 0 Å². The molecular formula is C20H23N5. The molecule has 1 atom stereocenters. The minimum Gasteiger partial charge on any atom is -0.366 e. The van der Waals surface area contributed by atoms with Crippen LogP contribution in [0, 0.1) is 0 Å². The van der Waals surface area contributed by atoms with Crippen molar-refractivity contribution in [2.75, 3.05) is 25.5 Å². The molecule has 25 heavy (non-hydrogen) atoms. The number of anilines is 1. The summed E-state index contributed by atoms with van der Waals surface area (Å²) in [4.78, 5) is 6.82. The van der Waals surface area contributed by atoms with Gasteiger partial charge in [0.2, 0.25) is 0 Å². The fourth-order valence-corrected chi connectivity index (χ4v) is 3.49.